The van der Waals surface area contributed by atoms with Crippen molar-refractivity contribution in [2.24, 2.45) is 10.7 Å². The van der Waals surface area contributed by atoms with Gasteiger partial charge in [0.15, 0.2) is 5.96 Å². The zero-order valence-electron chi connectivity index (χ0n) is 14.2. The maximum Gasteiger partial charge on any atom is 0.193 e. The molecule has 0 heterocycles. The standard InChI is InChI=1S/C18H22FN3O2.HI/c1-3-14(24-15-8-6-7-13(19)11-15)12-21-18(20)22-16-9-4-5-10-17(16)23-2;/h4-11,14H,3,12H2,1-2H3,(H3,20,21,22);1H. The summed E-state index contributed by atoms with van der Waals surface area (Å²) in [5.41, 5.74) is 6.65. The van der Waals surface area contributed by atoms with Crippen LogP contribution in [-0.4, -0.2) is 25.7 Å². The highest BCUT2D eigenvalue weighted by molar-refractivity contribution is 14.0. The van der Waals surface area contributed by atoms with Crippen LogP contribution in [0.3, 0.4) is 0 Å². The van der Waals surface area contributed by atoms with Gasteiger partial charge in [0.1, 0.15) is 23.4 Å². The number of para-hydroxylation sites is 2. The van der Waals surface area contributed by atoms with Crippen molar-refractivity contribution in [3.63, 3.8) is 0 Å². The molecule has 136 valence electrons. The van der Waals surface area contributed by atoms with Crippen molar-refractivity contribution in [1.82, 2.24) is 0 Å². The molecule has 0 aromatic heterocycles. The summed E-state index contributed by atoms with van der Waals surface area (Å²) in [5.74, 6) is 1.09. The van der Waals surface area contributed by atoms with Gasteiger partial charge in [-0.25, -0.2) is 9.38 Å². The van der Waals surface area contributed by atoms with Gasteiger partial charge in [0, 0.05) is 6.07 Å². The minimum Gasteiger partial charge on any atom is -0.495 e. The molecule has 0 saturated heterocycles. The quantitative estimate of drug-likeness (QED) is 0.373. The Kier molecular flexibility index (Phi) is 9.04. The van der Waals surface area contributed by atoms with Gasteiger partial charge in [0.25, 0.3) is 0 Å². The van der Waals surface area contributed by atoms with E-state index in [-0.39, 0.29) is 41.9 Å². The number of ether oxygens (including phenoxy) is 2. The zero-order chi connectivity index (χ0) is 17.4. The van der Waals surface area contributed by atoms with Crippen LogP contribution in [0.1, 0.15) is 13.3 Å². The summed E-state index contributed by atoms with van der Waals surface area (Å²) in [7, 11) is 1.59. The van der Waals surface area contributed by atoms with Crippen molar-refractivity contribution in [3.8, 4) is 11.5 Å². The monoisotopic (exact) mass is 459 g/mol. The highest BCUT2D eigenvalue weighted by atomic mass is 127. The Labute approximate surface area is 164 Å². The Morgan fingerprint density at radius 2 is 2.00 bits per heavy atom. The summed E-state index contributed by atoms with van der Waals surface area (Å²) in [5, 5.41) is 3.00. The first-order valence-electron chi connectivity index (χ1n) is 7.74. The van der Waals surface area contributed by atoms with Crippen LogP contribution in [0.4, 0.5) is 10.1 Å². The van der Waals surface area contributed by atoms with E-state index in [2.05, 4.69) is 10.3 Å². The number of methoxy groups -OCH3 is 1. The van der Waals surface area contributed by atoms with Gasteiger partial charge in [-0.2, -0.15) is 0 Å². The number of guanidine groups is 1. The van der Waals surface area contributed by atoms with E-state index >= 15 is 0 Å². The Balaban J connectivity index is 0.00000312. The van der Waals surface area contributed by atoms with E-state index in [0.29, 0.717) is 18.0 Å². The first-order valence-corrected chi connectivity index (χ1v) is 7.74. The van der Waals surface area contributed by atoms with Gasteiger partial charge in [-0.15, -0.1) is 24.0 Å². The molecule has 2 rings (SSSR count). The lowest BCUT2D eigenvalue weighted by Gasteiger charge is -2.16. The normalized spacial score (nSPS) is 12.0. The van der Waals surface area contributed by atoms with Crippen LogP contribution in [-0.2, 0) is 0 Å². The second-order valence-electron chi connectivity index (χ2n) is 5.16. The largest absolute Gasteiger partial charge is 0.495 e. The number of rotatable bonds is 7. The molecule has 0 bridgehead atoms. The molecule has 0 aliphatic rings. The van der Waals surface area contributed by atoms with E-state index in [4.69, 9.17) is 15.2 Å². The number of halogens is 2. The third-order valence-electron chi connectivity index (χ3n) is 3.39. The topological polar surface area (TPSA) is 68.9 Å². The third-order valence-corrected chi connectivity index (χ3v) is 3.39. The van der Waals surface area contributed by atoms with E-state index in [1.807, 2.05) is 31.2 Å². The van der Waals surface area contributed by atoms with Crippen molar-refractivity contribution in [2.75, 3.05) is 19.0 Å². The highest BCUT2D eigenvalue weighted by Crippen LogP contribution is 2.22. The Hall–Kier alpha value is -2.03. The summed E-state index contributed by atoms with van der Waals surface area (Å²) in [6, 6.07) is 13.5. The predicted octanol–water partition coefficient (Wildman–Crippen LogP) is 4.04. The average Bonchev–Trinajstić information content (AvgIpc) is 2.59. The zero-order valence-corrected chi connectivity index (χ0v) is 16.6. The van der Waals surface area contributed by atoms with Crippen LogP contribution in [0.15, 0.2) is 53.5 Å². The summed E-state index contributed by atoms with van der Waals surface area (Å²) >= 11 is 0. The Morgan fingerprint density at radius 3 is 2.68 bits per heavy atom. The molecule has 0 aliphatic heterocycles. The number of aliphatic imine (C=N–C) groups is 1. The van der Waals surface area contributed by atoms with Crippen molar-refractivity contribution in [1.29, 1.82) is 0 Å². The molecule has 7 heteroatoms. The number of nitrogens with zero attached hydrogens (tertiary/aromatic N) is 1. The average molecular weight is 459 g/mol. The SMILES string of the molecule is CCC(CN=C(N)Nc1ccccc1OC)Oc1cccc(F)c1.I. The maximum atomic E-state index is 13.2. The number of hydrogen-bond acceptors (Lipinski definition) is 3. The Morgan fingerprint density at radius 1 is 1.24 bits per heavy atom. The second-order valence-corrected chi connectivity index (χ2v) is 5.16. The molecule has 0 aliphatic carbocycles. The summed E-state index contributed by atoms with van der Waals surface area (Å²) < 4.78 is 24.2. The van der Waals surface area contributed by atoms with E-state index in [0.717, 1.165) is 12.1 Å². The number of nitrogens with one attached hydrogen (secondary N) is 1. The summed E-state index contributed by atoms with van der Waals surface area (Å²) in [4.78, 5) is 4.29. The number of anilines is 1. The molecular formula is C18H23FIN3O2. The Bertz CT molecular complexity index is 698. The molecule has 25 heavy (non-hydrogen) atoms. The van der Waals surface area contributed by atoms with E-state index in [1.165, 1.54) is 12.1 Å². The van der Waals surface area contributed by atoms with Crippen LogP contribution >= 0.6 is 24.0 Å². The van der Waals surface area contributed by atoms with Crippen molar-refractivity contribution < 1.29 is 13.9 Å². The molecule has 0 fully saturated rings. The molecule has 0 spiro atoms. The smallest absolute Gasteiger partial charge is 0.193 e. The number of benzene rings is 2. The molecule has 2 aromatic rings. The van der Waals surface area contributed by atoms with Gasteiger partial charge in [0.05, 0.1) is 19.3 Å². The molecule has 3 N–H and O–H groups in total. The first kappa shape index (κ1) is 21.0. The molecule has 2 aromatic carbocycles. The lowest BCUT2D eigenvalue weighted by molar-refractivity contribution is 0.205. The molecule has 0 saturated carbocycles. The lowest BCUT2D eigenvalue weighted by Crippen LogP contribution is -2.26. The first-order chi connectivity index (χ1) is 11.6. The van der Waals surface area contributed by atoms with Gasteiger partial charge in [-0.1, -0.05) is 25.1 Å². The van der Waals surface area contributed by atoms with Crippen LogP contribution in [0.5, 0.6) is 11.5 Å². The maximum absolute atomic E-state index is 13.2. The van der Waals surface area contributed by atoms with Gasteiger partial charge >= 0.3 is 0 Å². The predicted molar refractivity (Wildman–Crippen MR) is 110 cm³/mol. The summed E-state index contributed by atoms with van der Waals surface area (Å²) in [6.45, 7) is 2.34. The van der Waals surface area contributed by atoms with Crippen LogP contribution in [0, 0.1) is 5.82 Å². The minimum absolute atomic E-state index is 0. The fourth-order valence-electron chi connectivity index (χ4n) is 2.11. The van der Waals surface area contributed by atoms with Gasteiger partial charge in [-0.3, -0.25) is 0 Å². The van der Waals surface area contributed by atoms with Gasteiger partial charge in [-0.05, 0) is 30.7 Å². The molecular weight excluding hydrogens is 436 g/mol. The molecule has 1 unspecified atom stereocenters. The third kappa shape index (κ3) is 6.77. The van der Waals surface area contributed by atoms with Gasteiger partial charge < -0.3 is 20.5 Å². The van der Waals surface area contributed by atoms with E-state index in [9.17, 15) is 4.39 Å². The van der Waals surface area contributed by atoms with Crippen LogP contribution < -0.4 is 20.5 Å². The molecule has 0 radical (unpaired) electrons. The summed E-state index contributed by atoms with van der Waals surface area (Å²) in [6.07, 6.45) is 0.534. The second kappa shape index (κ2) is 10.8. The molecule has 1 atom stereocenters. The van der Waals surface area contributed by atoms with Crippen LogP contribution in [0.25, 0.3) is 0 Å². The van der Waals surface area contributed by atoms with Crippen molar-refractivity contribution in [2.45, 2.75) is 19.4 Å². The fraction of sp³-hybridized carbons (Fsp3) is 0.278. The lowest BCUT2D eigenvalue weighted by atomic mass is 10.2. The fourth-order valence-corrected chi connectivity index (χ4v) is 2.11. The van der Waals surface area contributed by atoms with Crippen LogP contribution in [0.2, 0.25) is 0 Å². The highest BCUT2D eigenvalue weighted by Gasteiger charge is 2.09. The molecule has 5 nitrogen and oxygen atoms in total. The van der Waals surface area contributed by atoms with E-state index < -0.39 is 0 Å². The van der Waals surface area contributed by atoms with Crippen molar-refractivity contribution in [3.05, 3.63) is 54.3 Å². The minimum atomic E-state index is -0.330. The van der Waals surface area contributed by atoms with E-state index in [1.54, 1.807) is 19.2 Å². The van der Waals surface area contributed by atoms with Crippen molar-refractivity contribution >= 4 is 35.6 Å². The van der Waals surface area contributed by atoms with Gasteiger partial charge in [0.2, 0.25) is 0 Å². The number of hydrogen-bond donors (Lipinski definition) is 2. The number of nitrogens with two attached hydrogens (primary N) is 1. The molecule has 0 amide bonds.